The van der Waals surface area contributed by atoms with Gasteiger partial charge in [0.25, 0.3) is 0 Å². The number of benzene rings is 2. The Morgan fingerprint density at radius 3 is 2.49 bits per heavy atom. The molecule has 2 fully saturated rings. The molecule has 39 heavy (non-hydrogen) atoms. The maximum atomic E-state index is 9.28. The molecule has 1 aliphatic heterocycles. The summed E-state index contributed by atoms with van der Waals surface area (Å²) in [4.78, 5) is 17.6. The number of fused-ring (bicyclic) bond motifs is 1. The second kappa shape index (κ2) is 11.5. The van der Waals surface area contributed by atoms with Gasteiger partial charge in [-0.25, -0.2) is 4.98 Å². The molecule has 1 aliphatic carbocycles. The number of hydrogen-bond donors (Lipinski definition) is 2. The third kappa shape index (κ3) is 6.34. The lowest BCUT2D eigenvalue weighted by atomic mass is 10.0. The van der Waals surface area contributed by atoms with Gasteiger partial charge in [-0.1, -0.05) is 12.1 Å². The van der Waals surface area contributed by atoms with Gasteiger partial charge in [-0.05, 0) is 92.4 Å². The largest absolute Gasteiger partial charge is 0.437 e. The molecule has 2 N–H and O–H groups in total. The summed E-state index contributed by atoms with van der Waals surface area (Å²) in [6.07, 6.45) is 4.63. The first kappa shape index (κ1) is 26.0. The molecule has 10 heteroatoms. The summed E-state index contributed by atoms with van der Waals surface area (Å²) in [5.74, 6) is 1.75. The van der Waals surface area contributed by atoms with Gasteiger partial charge in [0.1, 0.15) is 10.4 Å². The topological polar surface area (TPSA) is 99.0 Å². The normalized spacial score (nSPS) is 16.3. The summed E-state index contributed by atoms with van der Waals surface area (Å²) in [5, 5.41) is 12.8. The minimum atomic E-state index is 0.288. The van der Waals surface area contributed by atoms with E-state index >= 15 is 0 Å². The molecule has 1 saturated carbocycles. The minimum Gasteiger partial charge on any atom is -0.437 e. The molecule has 1 saturated heterocycles. The standard InChI is InChI=1S/C29H31N7OS2/c1-18-13-21(15-30)14-19(2)25(18)37-28-26-27(31-17-38-26)33-29(34-28)32-22-9-11-36(12-10-22)16-20-3-7-24(8-4-20)39-35-23-5-6-23/h3-4,7-8,13-14,17,22-23,35H,5-6,9-12,16H2,1-2H3,(H,32,33,34). The van der Waals surface area contributed by atoms with Gasteiger partial charge in [0.05, 0.1) is 17.1 Å². The Kier molecular flexibility index (Phi) is 7.66. The molecule has 2 aliphatic rings. The summed E-state index contributed by atoms with van der Waals surface area (Å²) in [6, 6.07) is 15.8. The minimum absolute atomic E-state index is 0.288. The van der Waals surface area contributed by atoms with Crippen LogP contribution in [0.5, 0.6) is 11.6 Å². The van der Waals surface area contributed by atoms with E-state index in [1.807, 2.05) is 26.0 Å². The van der Waals surface area contributed by atoms with Crippen molar-refractivity contribution in [2.45, 2.75) is 63.1 Å². The number of piperidine rings is 1. The van der Waals surface area contributed by atoms with E-state index < -0.39 is 0 Å². The summed E-state index contributed by atoms with van der Waals surface area (Å²) in [6.45, 7) is 6.89. The van der Waals surface area contributed by atoms with Crippen LogP contribution in [0.2, 0.25) is 0 Å². The highest BCUT2D eigenvalue weighted by Crippen LogP contribution is 2.35. The molecule has 4 aromatic rings. The van der Waals surface area contributed by atoms with E-state index in [9.17, 15) is 5.26 Å². The maximum Gasteiger partial charge on any atom is 0.243 e. The van der Waals surface area contributed by atoms with E-state index in [2.05, 4.69) is 55.2 Å². The molecule has 0 unspecified atom stereocenters. The van der Waals surface area contributed by atoms with E-state index in [0.29, 0.717) is 34.8 Å². The van der Waals surface area contributed by atoms with E-state index in [-0.39, 0.29) is 6.04 Å². The van der Waals surface area contributed by atoms with Gasteiger partial charge >= 0.3 is 0 Å². The Morgan fingerprint density at radius 1 is 1.05 bits per heavy atom. The quantitative estimate of drug-likeness (QED) is 0.233. The second-order valence-corrected chi connectivity index (χ2v) is 12.1. The van der Waals surface area contributed by atoms with E-state index in [0.717, 1.165) is 48.3 Å². The van der Waals surface area contributed by atoms with Crippen molar-refractivity contribution in [3.63, 3.8) is 0 Å². The highest BCUT2D eigenvalue weighted by Gasteiger charge is 2.23. The smallest absolute Gasteiger partial charge is 0.243 e. The fourth-order valence-electron chi connectivity index (χ4n) is 4.84. The lowest BCUT2D eigenvalue weighted by molar-refractivity contribution is 0.211. The highest BCUT2D eigenvalue weighted by atomic mass is 32.2. The monoisotopic (exact) mass is 557 g/mol. The third-order valence-electron chi connectivity index (χ3n) is 7.12. The van der Waals surface area contributed by atoms with Crippen molar-refractivity contribution in [3.05, 3.63) is 64.2 Å². The van der Waals surface area contributed by atoms with Crippen LogP contribution in [0.15, 0.2) is 46.8 Å². The Balaban J connectivity index is 1.08. The van der Waals surface area contributed by atoms with Crippen molar-refractivity contribution in [1.82, 2.24) is 24.6 Å². The summed E-state index contributed by atoms with van der Waals surface area (Å²) < 4.78 is 10.6. The van der Waals surface area contributed by atoms with Crippen LogP contribution in [-0.4, -0.2) is 45.0 Å². The molecule has 0 spiro atoms. The van der Waals surface area contributed by atoms with Crippen molar-refractivity contribution in [3.8, 4) is 17.7 Å². The fraction of sp³-hybridized carbons (Fsp3) is 0.379. The predicted octanol–water partition coefficient (Wildman–Crippen LogP) is 6.20. The highest BCUT2D eigenvalue weighted by molar-refractivity contribution is 7.97. The van der Waals surface area contributed by atoms with Crippen molar-refractivity contribution < 1.29 is 4.74 Å². The molecule has 0 atom stereocenters. The van der Waals surface area contributed by atoms with Gasteiger partial charge < -0.3 is 10.1 Å². The maximum absolute atomic E-state index is 9.28. The number of aryl methyl sites for hydroxylation is 2. The number of thiazole rings is 1. The molecular weight excluding hydrogens is 527 g/mol. The Bertz CT molecular complexity index is 1480. The van der Waals surface area contributed by atoms with Crippen LogP contribution in [0.4, 0.5) is 5.95 Å². The number of nitrogens with one attached hydrogen (secondary N) is 2. The first-order valence-electron chi connectivity index (χ1n) is 13.3. The zero-order valence-electron chi connectivity index (χ0n) is 22.1. The number of hydrogen-bond acceptors (Lipinski definition) is 10. The number of likely N-dealkylation sites (tertiary alicyclic amines) is 1. The molecule has 0 radical (unpaired) electrons. The van der Waals surface area contributed by atoms with Crippen LogP contribution in [0.3, 0.4) is 0 Å². The Labute approximate surface area is 237 Å². The SMILES string of the molecule is Cc1cc(C#N)cc(C)c1Oc1nc(NC2CCN(Cc3ccc(SNC4CC4)cc3)CC2)nc2ncsc12. The number of ether oxygens (including phenoxy) is 1. The molecule has 200 valence electrons. The number of nitriles is 1. The first-order chi connectivity index (χ1) is 19.0. The van der Waals surface area contributed by atoms with E-state index in [1.165, 1.54) is 34.6 Å². The van der Waals surface area contributed by atoms with Crippen LogP contribution < -0.4 is 14.8 Å². The van der Waals surface area contributed by atoms with Crippen molar-refractivity contribution >= 4 is 39.6 Å². The average Bonchev–Trinajstić information content (AvgIpc) is 3.65. The predicted molar refractivity (Wildman–Crippen MR) is 156 cm³/mol. The Hall–Kier alpha value is -3.23. The van der Waals surface area contributed by atoms with Crippen LogP contribution in [-0.2, 0) is 6.54 Å². The number of nitrogens with zero attached hydrogens (tertiary/aromatic N) is 5. The zero-order chi connectivity index (χ0) is 26.8. The van der Waals surface area contributed by atoms with E-state index in [4.69, 9.17) is 9.72 Å². The summed E-state index contributed by atoms with van der Waals surface area (Å²) in [7, 11) is 0. The third-order valence-corrected chi connectivity index (χ3v) is 8.88. The van der Waals surface area contributed by atoms with E-state index in [1.54, 1.807) is 17.5 Å². The van der Waals surface area contributed by atoms with Gasteiger partial charge in [-0.3, -0.25) is 9.62 Å². The van der Waals surface area contributed by atoms with Crippen molar-refractivity contribution in [2.75, 3.05) is 18.4 Å². The number of anilines is 1. The fourth-order valence-corrected chi connectivity index (χ4v) is 6.30. The number of aromatic nitrogens is 3. The van der Waals surface area contributed by atoms with Crippen LogP contribution in [0, 0.1) is 25.2 Å². The zero-order valence-corrected chi connectivity index (χ0v) is 23.7. The number of rotatable bonds is 9. The van der Waals surface area contributed by atoms with Gasteiger partial charge in [-0.2, -0.15) is 15.2 Å². The Morgan fingerprint density at radius 2 is 1.79 bits per heavy atom. The molecule has 3 heterocycles. The van der Waals surface area contributed by atoms with Gasteiger partial charge in [-0.15, -0.1) is 11.3 Å². The second-order valence-electron chi connectivity index (χ2n) is 10.3. The lowest BCUT2D eigenvalue weighted by Gasteiger charge is -2.32. The molecule has 0 amide bonds. The molecule has 2 aromatic carbocycles. The molecular formula is C29H31N7OS2. The van der Waals surface area contributed by atoms with Crippen LogP contribution >= 0.6 is 23.3 Å². The molecule has 0 bridgehead atoms. The van der Waals surface area contributed by atoms with Crippen molar-refractivity contribution in [1.29, 1.82) is 5.26 Å². The lowest BCUT2D eigenvalue weighted by Crippen LogP contribution is -2.39. The molecule has 6 rings (SSSR count). The van der Waals surface area contributed by atoms with Crippen LogP contribution in [0.1, 0.15) is 47.9 Å². The molecule has 2 aromatic heterocycles. The first-order valence-corrected chi connectivity index (χ1v) is 15.0. The van der Waals surface area contributed by atoms with Crippen molar-refractivity contribution in [2.24, 2.45) is 0 Å². The molecule has 8 nitrogen and oxygen atoms in total. The van der Waals surface area contributed by atoms with Gasteiger partial charge in [0.15, 0.2) is 5.65 Å². The summed E-state index contributed by atoms with van der Waals surface area (Å²) in [5.41, 5.74) is 6.16. The van der Waals surface area contributed by atoms with Gasteiger partial charge in [0.2, 0.25) is 11.8 Å². The van der Waals surface area contributed by atoms with Gasteiger partial charge in [0, 0.05) is 36.6 Å². The average molecular weight is 558 g/mol. The van der Waals surface area contributed by atoms with Crippen LogP contribution in [0.25, 0.3) is 10.3 Å². The summed E-state index contributed by atoms with van der Waals surface area (Å²) >= 11 is 3.21.